The molecule has 1 amide bonds. The number of nitrogens with zero attached hydrogens (tertiary/aromatic N) is 1. The van der Waals surface area contributed by atoms with Gasteiger partial charge in [0.05, 0.1) is 0 Å². The molecule has 0 aliphatic carbocycles. The normalized spacial score (nSPS) is 32.6. The summed E-state index contributed by atoms with van der Waals surface area (Å²) < 4.78 is 0. The third-order valence-electron chi connectivity index (χ3n) is 3.53. The zero-order chi connectivity index (χ0) is 10.1. The largest absolute Gasteiger partial charge is 0.339 e. The minimum absolute atomic E-state index is 0.115. The molecule has 2 rings (SSSR count). The first-order valence-corrected chi connectivity index (χ1v) is 5.50. The monoisotopic (exact) mass is 195 g/mol. The third kappa shape index (κ3) is 1.56. The Labute approximate surface area is 84.5 Å². The summed E-state index contributed by atoms with van der Waals surface area (Å²) in [5.41, 5.74) is 0. The van der Waals surface area contributed by atoms with Gasteiger partial charge in [0.25, 0.3) is 0 Å². The third-order valence-corrected chi connectivity index (χ3v) is 3.53. The van der Waals surface area contributed by atoms with Crippen LogP contribution in [0.1, 0.15) is 39.0 Å². The molecule has 0 aromatic rings. The van der Waals surface area contributed by atoms with Crippen LogP contribution in [-0.2, 0) is 9.59 Å². The molecule has 78 valence electrons. The van der Waals surface area contributed by atoms with Crippen molar-refractivity contribution in [2.24, 2.45) is 5.92 Å². The molecular formula is C11H17NO2. The maximum atomic E-state index is 11.5. The Hall–Kier alpha value is -0.860. The van der Waals surface area contributed by atoms with Crippen molar-refractivity contribution in [2.45, 2.75) is 45.1 Å². The van der Waals surface area contributed by atoms with Gasteiger partial charge in [0, 0.05) is 24.9 Å². The van der Waals surface area contributed by atoms with Crippen molar-refractivity contribution in [1.82, 2.24) is 4.90 Å². The van der Waals surface area contributed by atoms with E-state index >= 15 is 0 Å². The second-order valence-corrected chi connectivity index (χ2v) is 4.41. The predicted molar refractivity (Wildman–Crippen MR) is 52.8 cm³/mol. The Kier molecular flexibility index (Phi) is 2.57. The summed E-state index contributed by atoms with van der Waals surface area (Å²) in [5.74, 6) is 0.628. The van der Waals surface area contributed by atoms with Crippen LogP contribution in [0.25, 0.3) is 0 Å². The number of ketones is 1. The van der Waals surface area contributed by atoms with Gasteiger partial charge in [0.2, 0.25) is 5.91 Å². The second-order valence-electron chi connectivity index (χ2n) is 4.41. The van der Waals surface area contributed by atoms with Crippen LogP contribution in [0.15, 0.2) is 0 Å². The molecule has 2 heterocycles. The van der Waals surface area contributed by atoms with E-state index in [1.54, 1.807) is 6.92 Å². The number of fused-ring (bicyclic) bond motifs is 1. The summed E-state index contributed by atoms with van der Waals surface area (Å²) in [6, 6.07) is 0.225. The van der Waals surface area contributed by atoms with E-state index in [0.29, 0.717) is 6.42 Å². The van der Waals surface area contributed by atoms with Crippen molar-refractivity contribution >= 4 is 11.7 Å². The van der Waals surface area contributed by atoms with Crippen LogP contribution in [0.5, 0.6) is 0 Å². The SMILES string of the molecule is CC(=O)[C@H]1CCCCN2C(=O)CC[C@@H]12. The first-order valence-electron chi connectivity index (χ1n) is 5.50. The number of hydrogen-bond donors (Lipinski definition) is 0. The van der Waals surface area contributed by atoms with Crippen LogP contribution in [0, 0.1) is 5.92 Å². The molecule has 3 heteroatoms. The highest BCUT2D eigenvalue weighted by atomic mass is 16.2. The number of rotatable bonds is 1. The smallest absolute Gasteiger partial charge is 0.222 e. The summed E-state index contributed by atoms with van der Waals surface area (Å²) in [6.07, 6.45) is 4.66. The lowest BCUT2D eigenvalue weighted by Gasteiger charge is -2.27. The number of hydrogen-bond acceptors (Lipinski definition) is 2. The predicted octanol–water partition coefficient (Wildman–Crippen LogP) is 1.37. The van der Waals surface area contributed by atoms with Crippen molar-refractivity contribution in [2.75, 3.05) is 6.54 Å². The molecule has 0 aromatic carbocycles. The van der Waals surface area contributed by atoms with E-state index in [-0.39, 0.29) is 23.7 Å². The maximum Gasteiger partial charge on any atom is 0.222 e. The lowest BCUT2D eigenvalue weighted by molar-refractivity contribution is -0.130. The van der Waals surface area contributed by atoms with Gasteiger partial charge in [-0.25, -0.2) is 0 Å². The zero-order valence-electron chi connectivity index (χ0n) is 8.66. The van der Waals surface area contributed by atoms with Gasteiger partial charge in [-0.1, -0.05) is 6.42 Å². The van der Waals surface area contributed by atoms with Crippen molar-refractivity contribution in [3.8, 4) is 0 Å². The highest BCUT2D eigenvalue weighted by Gasteiger charge is 2.39. The molecule has 14 heavy (non-hydrogen) atoms. The summed E-state index contributed by atoms with van der Waals surface area (Å²) in [6.45, 7) is 2.53. The Morgan fingerprint density at radius 1 is 1.36 bits per heavy atom. The van der Waals surface area contributed by atoms with Gasteiger partial charge in [-0.05, 0) is 26.2 Å². The van der Waals surface area contributed by atoms with E-state index in [9.17, 15) is 9.59 Å². The van der Waals surface area contributed by atoms with Gasteiger partial charge in [-0.2, -0.15) is 0 Å². The van der Waals surface area contributed by atoms with E-state index in [4.69, 9.17) is 0 Å². The van der Waals surface area contributed by atoms with Gasteiger partial charge >= 0.3 is 0 Å². The Morgan fingerprint density at radius 3 is 2.86 bits per heavy atom. The lowest BCUT2D eigenvalue weighted by Crippen LogP contribution is -2.39. The molecule has 0 aromatic heterocycles. The van der Waals surface area contributed by atoms with E-state index < -0.39 is 0 Å². The van der Waals surface area contributed by atoms with Crippen LogP contribution in [-0.4, -0.2) is 29.2 Å². The lowest BCUT2D eigenvalue weighted by atomic mass is 9.90. The van der Waals surface area contributed by atoms with E-state index in [1.807, 2.05) is 4.90 Å². The minimum Gasteiger partial charge on any atom is -0.339 e. The zero-order valence-corrected chi connectivity index (χ0v) is 8.66. The van der Waals surface area contributed by atoms with Crippen molar-refractivity contribution in [1.29, 1.82) is 0 Å². The number of Topliss-reactive ketones (excluding diaryl/α,β-unsaturated/α-hetero) is 1. The molecule has 0 bridgehead atoms. The van der Waals surface area contributed by atoms with E-state index in [1.165, 1.54) is 0 Å². The second kappa shape index (κ2) is 3.71. The van der Waals surface area contributed by atoms with Gasteiger partial charge in [0.15, 0.2) is 0 Å². The van der Waals surface area contributed by atoms with Gasteiger partial charge < -0.3 is 4.90 Å². The average molecular weight is 195 g/mol. The quantitative estimate of drug-likeness (QED) is 0.633. The topological polar surface area (TPSA) is 37.4 Å². The van der Waals surface area contributed by atoms with E-state index in [2.05, 4.69) is 0 Å². The minimum atomic E-state index is 0.115. The first-order chi connectivity index (χ1) is 6.70. The number of carbonyl (C=O) groups is 2. The summed E-state index contributed by atoms with van der Waals surface area (Å²) in [4.78, 5) is 25.0. The van der Waals surface area contributed by atoms with Crippen molar-refractivity contribution in [3.63, 3.8) is 0 Å². The van der Waals surface area contributed by atoms with Crippen molar-refractivity contribution in [3.05, 3.63) is 0 Å². The highest BCUT2D eigenvalue weighted by Crippen LogP contribution is 2.31. The Bertz CT molecular complexity index is 262. The average Bonchev–Trinajstić information content (AvgIpc) is 2.38. The standard InChI is InChI=1S/C11H17NO2/c1-8(13)9-4-2-3-7-12-10(9)5-6-11(12)14/h9-10H,2-7H2,1H3/t9-,10+/m1/s1. The number of carbonyl (C=O) groups excluding carboxylic acids is 2. The first kappa shape index (κ1) is 9.69. The fourth-order valence-electron chi connectivity index (χ4n) is 2.78. The van der Waals surface area contributed by atoms with Gasteiger partial charge in [0.1, 0.15) is 5.78 Å². The van der Waals surface area contributed by atoms with Crippen LogP contribution >= 0.6 is 0 Å². The number of amides is 1. The molecular weight excluding hydrogens is 178 g/mol. The molecule has 2 atom stereocenters. The molecule has 2 aliphatic rings. The fourth-order valence-corrected chi connectivity index (χ4v) is 2.78. The molecule has 0 unspecified atom stereocenters. The maximum absolute atomic E-state index is 11.5. The Balaban J connectivity index is 2.18. The van der Waals surface area contributed by atoms with Gasteiger partial charge in [-0.15, -0.1) is 0 Å². The van der Waals surface area contributed by atoms with Crippen molar-refractivity contribution < 1.29 is 9.59 Å². The molecule has 0 radical (unpaired) electrons. The molecule has 0 spiro atoms. The summed E-state index contributed by atoms with van der Waals surface area (Å²) in [5, 5.41) is 0. The van der Waals surface area contributed by atoms with Crippen LogP contribution in [0.2, 0.25) is 0 Å². The fraction of sp³-hybridized carbons (Fsp3) is 0.818. The summed E-state index contributed by atoms with van der Waals surface area (Å²) in [7, 11) is 0. The van der Waals surface area contributed by atoms with Crippen LogP contribution in [0.3, 0.4) is 0 Å². The summed E-state index contributed by atoms with van der Waals surface area (Å²) >= 11 is 0. The Morgan fingerprint density at radius 2 is 2.14 bits per heavy atom. The molecule has 2 saturated heterocycles. The molecule has 0 N–H and O–H groups in total. The van der Waals surface area contributed by atoms with E-state index in [0.717, 1.165) is 32.2 Å². The molecule has 2 aliphatic heterocycles. The molecule has 2 fully saturated rings. The molecule has 0 saturated carbocycles. The molecule has 3 nitrogen and oxygen atoms in total. The van der Waals surface area contributed by atoms with Crippen LogP contribution in [0.4, 0.5) is 0 Å². The highest BCUT2D eigenvalue weighted by molar-refractivity contribution is 5.83. The van der Waals surface area contributed by atoms with Gasteiger partial charge in [-0.3, -0.25) is 9.59 Å². The van der Waals surface area contributed by atoms with Crippen LogP contribution < -0.4 is 0 Å².